The summed E-state index contributed by atoms with van der Waals surface area (Å²) in [4.78, 5) is 1.21. The molecule has 0 saturated carbocycles. The van der Waals surface area contributed by atoms with Crippen molar-refractivity contribution < 1.29 is 4.39 Å². The first-order valence-electron chi connectivity index (χ1n) is 5.32. The maximum absolute atomic E-state index is 13.2. The Morgan fingerprint density at radius 1 is 1.28 bits per heavy atom. The molecule has 0 aliphatic carbocycles. The Morgan fingerprint density at radius 2 is 2.11 bits per heavy atom. The molecule has 2 rings (SSSR count). The predicted octanol–water partition coefficient (Wildman–Crippen LogP) is 3.81. The Kier molecular flexibility index (Phi) is 4.48. The first-order chi connectivity index (χ1) is 8.67. The summed E-state index contributed by atoms with van der Waals surface area (Å²) in [5.74, 6) is -0.371. The quantitative estimate of drug-likeness (QED) is 0.928. The fourth-order valence-corrected chi connectivity index (χ4v) is 3.05. The van der Waals surface area contributed by atoms with Crippen LogP contribution < -0.4 is 5.32 Å². The van der Waals surface area contributed by atoms with Gasteiger partial charge in [-0.25, -0.2) is 4.39 Å². The summed E-state index contributed by atoms with van der Waals surface area (Å²) in [7, 11) is 0. The van der Waals surface area contributed by atoms with Crippen molar-refractivity contribution in [1.82, 2.24) is 5.32 Å². The molecule has 18 heavy (non-hydrogen) atoms. The van der Waals surface area contributed by atoms with Crippen LogP contribution in [0.5, 0.6) is 0 Å². The van der Waals surface area contributed by atoms with Gasteiger partial charge >= 0.3 is 0 Å². The highest BCUT2D eigenvalue weighted by atomic mass is 79.9. The molecule has 0 saturated heterocycles. The highest BCUT2D eigenvalue weighted by molar-refractivity contribution is 9.11. The summed E-state index contributed by atoms with van der Waals surface area (Å²) in [5.41, 5.74) is 1.13. The van der Waals surface area contributed by atoms with Crippen molar-refractivity contribution in [2.45, 2.75) is 13.1 Å². The molecule has 0 atom stereocenters. The number of nitriles is 1. The second-order valence-corrected chi connectivity index (χ2v) is 6.32. The SMILES string of the molecule is N#Cc1cc(F)cc(CNCc2ccc(Br)s2)c1. The van der Waals surface area contributed by atoms with Crippen molar-refractivity contribution in [3.05, 3.63) is 55.9 Å². The minimum atomic E-state index is -0.371. The van der Waals surface area contributed by atoms with Crippen molar-refractivity contribution in [2.75, 3.05) is 0 Å². The Labute approximate surface area is 117 Å². The molecule has 0 amide bonds. The maximum Gasteiger partial charge on any atom is 0.124 e. The summed E-state index contributed by atoms with van der Waals surface area (Å²) >= 11 is 5.06. The average Bonchev–Trinajstić information content (AvgIpc) is 2.74. The molecule has 0 aliphatic rings. The third-order valence-electron chi connectivity index (χ3n) is 2.34. The van der Waals surface area contributed by atoms with E-state index < -0.39 is 0 Å². The molecule has 0 unspecified atom stereocenters. The van der Waals surface area contributed by atoms with E-state index in [-0.39, 0.29) is 5.82 Å². The highest BCUT2D eigenvalue weighted by Crippen LogP contribution is 2.21. The molecule has 0 radical (unpaired) electrons. The van der Waals surface area contributed by atoms with Crippen molar-refractivity contribution in [3.63, 3.8) is 0 Å². The molecule has 1 aromatic heterocycles. The molecule has 1 heterocycles. The van der Waals surface area contributed by atoms with E-state index in [1.807, 2.05) is 18.2 Å². The molecule has 1 N–H and O–H groups in total. The molecule has 1 aromatic carbocycles. The van der Waals surface area contributed by atoms with Gasteiger partial charge in [-0.1, -0.05) is 0 Å². The molecule has 92 valence electrons. The summed E-state index contributed by atoms with van der Waals surface area (Å²) < 4.78 is 14.3. The number of hydrogen-bond donors (Lipinski definition) is 1. The van der Waals surface area contributed by atoms with Crippen molar-refractivity contribution in [1.29, 1.82) is 5.26 Å². The van der Waals surface area contributed by atoms with E-state index in [1.54, 1.807) is 17.4 Å². The van der Waals surface area contributed by atoms with Gasteiger partial charge in [0.15, 0.2) is 0 Å². The van der Waals surface area contributed by atoms with Crippen LogP contribution in [-0.4, -0.2) is 0 Å². The lowest BCUT2D eigenvalue weighted by Gasteiger charge is -2.04. The van der Waals surface area contributed by atoms with Crippen molar-refractivity contribution in [2.24, 2.45) is 0 Å². The normalized spacial score (nSPS) is 10.3. The zero-order chi connectivity index (χ0) is 13.0. The monoisotopic (exact) mass is 324 g/mol. The summed E-state index contributed by atoms with van der Waals surface area (Å²) in [6, 6.07) is 10.4. The van der Waals surface area contributed by atoms with Gasteiger partial charge in [0.05, 0.1) is 15.4 Å². The summed E-state index contributed by atoms with van der Waals surface area (Å²) in [5, 5.41) is 12.0. The lowest BCUT2D eigenvalue weighted by Crippen LogP contribution is -2.12. The topological polar surface area (TPSA) is 35.8 Å². The summed E-state index contributed by atoms with van der Waals surface area (Å²) in [6.45, 7) is 1.27. The second-order valence-electron chi connectivity index (χ2n) is 3.77. The van der Waals surface area contributed by atoms with Gasteiger partial charge in [0.1, 0.15) is 5.82 Å². The van der Waals surface area contributed by atoms with Crippen LogP contribution in [0.3, 0.4) is 0 Å². The molecule has 5 heteroatoms. The number of hydrogen-bond acceptors (Lipinski definition) is 3. The van der Waals surface area contributed by atoms with Crippen LogP contribution in [0.4, 0.5) is 4.39 Å². The van der Waals surface area contributed by atoms with E-state index in [9.17, 15) is 4.39 Å². The zero-order valence-corrected chi connectivity index (χ0v) is 11.8. The fraction of sp³-hybridized carbons (Fsp3) is 0.154. The molecular weight excluding hydrogens is 315 g/mol. The van der Waals surface area contributed by atoms with Crippen LogP contribution in [-0.2, 0) is 13.1 Å². The molecule has 2 nitrogen and oxygen atoms in total. The van der Waals surface area contributed by atoms with Gasteiger partial charge < -0.3 is 5.32 Å². The Hall–Kier alpha value is -1.22. The van der Waals surface area contributed by atoms with E-state index in [0.29, 0.717) is 12.1 Å². The molecule has 2 aromatic rings. The van der Waals surface area contributed by atoms with Crippen LogP contribution in [0.1, 0.15) is 16.0 Å². The third-order valence-corrected chi connectivity index (χ3v) is 3.97. The van der Waals surface area contributed by atoms with Gasteiger partial charge in [-0.2, -0.15) is 5.26 Å². The van der Waals surface area contributed by atoms with E-state index >= 15 is 0 Å². The van der Waals surface area contributed by atoms with Crippen LogP contribution >= 0.6 is 27.3 Å². The van der Waals surface area contributed by atoms with Crippen LogP contribution in [0.15, 0.2) is 34.1 Å². The summed E-state index contributed by atoms with van der Waals surface area (Å²) in [6.07, 6.45) is 0. The van der Waals surface area contributed by atoms with Gasteiger partial charge in [0, 0.05) is 18.0 Å². The third kappa shape index (κ3) is 3.64. The van der Waals surface area contributed by atoms with Gasteiger partial charge in [-0.05, 0) is 51.8 Å². The molecule has 0 fully saturated rings. The molecular formula is C13H10BrFN2S. The number of thiophene rings is 1. The first kappa shape index (κ1) is 13.2. The Balaban J connectivity index is 1.94. The van der Waals surface area contributed by atoms with Crippen LogP contribution in [0, 0.1) is 17.1 Å². The van der Waals surface area contributed by atoms with E-state index in [2.05, 4.69) is 21.2 Å². The number of halogens is 2. The lowest BCUT2D eigenvalue weighted by molar-refractivity contribution is 0.620. The number of rotatable bonds is 4. The van der Waals surface area contributed by atoms with E-state index in [1.165, 1.54) is 17.0 Å². The van der Waals surface area contributed by atoms with E-state index in [0.717, 1.165) is 15.9 Å². The van der Waals surface area contributed by atoms with Crippen LogP contribution in [0.25, 0.3) is 0 Å². The second kappa shape index (κ2) is 6.10. The van der Waals surface area contributed by atoms with Gasteiger partial charge in [-0.15, -0.1) is 11.3 Å². The highest BCUT2D eigenvalue weighted by Gasteiger charge is 2.01. The first-order valence-corrected chi connectivity index (χ1v) is 6.93. The minimum absolute atomic E-state index is 0.352. The predicted molar refractivity (Wildman–Crippen MR) is 73.7 cm³/mol. The largest absolute Gasteiger partial charge is 0.308 e. The zero-order valence-electron chi connectivity index (χ0n) is 9.41. The Bertz CT molecular complexity index is 589. The van der Waals surface area contributed by atoms with Crippen molar-refractivity contribution in [3.8, 4) is 6.07 Å². The van der Waals surface area contributed by atoms with Crippen LogP contribution in [0.2, 0.25) is 0 Å². The van der Waals surface area contributed by atoms with Gasteiger partial charge in [-0.3, -0.25) is 0 Å². The number of benzene rings is 1. The molecule has 0 spiro atoms. The number of nitrogens with one attached hydrogen (secondary N) is 1. The standard InChI is InChI=1S/C13H10BrFN2S/c14-13-2-1-12(18-13)8-17-7-10-3-9(6-16)4-11(15)5-10/h1-5,17H,7-8H2. The van der Waals surface area contributed by atoms with Crippen molar-refractivity contribution >= 4 is 27.3 Å². The lowest BCUT2D eigenvalue weighted by atomic mass is 10.1. The van der Waals surface area contributed by atoms with Gasteiger partial charge in [0.25, 0.3) is 0 Å². The molecule has 0 bridgehead atoms. The fourth-order valence-electron chi connectivity index (χ4n) is 1.59. The maximum atomic E-state index is 13.2. The number of nitrogens with zero attached hydrogens (tertiary/aromatic N) is 1. The van der Waals surface area contributed by atoms with E-state index in [4.69, 9.17) is 5.26 Å². The average molecular weight is 325 g/mol. The minimum Gasteiger partial charge on any atom is -0.308 e. The smallest absolute Gasteiger partial charge is 0.124 e. The Morgan fingerprint density at radius 3 is 2.78 bits per heavy atom. The van der Waals surface area contributed by atoms with Gasteiger partial charge in [0.2, 0.25) is 0 Å². The molecule has 0 aliphatic heterocycles.